The van der Waals surface area contributed by atoms with Crippen molar-refractivity contribution in [3.63, 3.8) is 0 Å². The molecule has 1 atom stereocenters. The highest BCUT2D eigenvalue weighted by Crippen LogP contribution is 2.38. The molecule has 1 aliphatic rings. The summed E-state index contributed by atoms with van der Waals surface area (Å²) in [6.07, 6.45) is 1.08. The van der Waals surface area contributed by atoms with Gasteiger partial charge in [0.25, 0.3) is 5.91 Å². The molecular weight excluding hydrogens is 403 g/mol. The van der Waals surface area contributed by atoms with Crippen molar-refractivity contribution in [2.75, 3.05) is 19.6 Å². The van der Waals surface area contributed by atoms with Crippen molar-refractivity contribution >= 4 is 11.8 Å². The standard InChI is InChI=1S/C27H27FN2O2/c1-2-29-26(32)27(15-16-30(19-27)25(31)21-12-8-13-23(28)17-21)18-22-11-6-7-14-24(22)20-9-4-3-5-10-20/h3-14,17H,2,15-16,18-19H2,1H3,(H,29,32)/t27-/m0/s1. The Hall–Kier alpha value is -3.47. The minimum atomic E-state index is -0.732. The molecule has 3 aromatic carbocycles. The highest BCUT2D eigenvalue weighted by atomic mass is 19.1. The van der Waals surface area contributed by atoms with E-state index in [4.69, 9.17) is 0 Å². The molecule has 0 radical (unpaired) electrons. The van der Waals surface area contributed by atoms with E-state index in [1.807, 2.05) is 37.3 Å². The number of likely N-dealkylation sites (tertiary alicyclic amines) is 1. The Balaban J connectivity index is 1.65. The summed E-state index contributed by atoms with van der Waals surface area (Å²) in [6, 6.07) is 23.9. The zero-order valence-electron chi connectivity index (χ0n) is 18.2. The first kappa shape index (κ1) is 21.8. The second-order valence-electron chi connectivity index (χ2n) is 8.33. The van der Waals surface area contributed by atoms with E-state index in [2.05, 4.69) is 29.6 Å². The molecule has 4 nitrogen and oxygen atoms in total. The van der Waals surface area contributed by atoms with Gasteiger partial charge in [-0.25, -0.2) is 4.39 Å². The summed E-state index contributed by atoms with van der Waals surface area (Å²) >= 11 is 0. The third-order valence-electron chi connectivity index (χ3n) is 6.16. The first-order chi connectivity index (χ1) is 15.5. The van der Waals surface area contributed by atoms with Crippen molar-refractivity contribution in [1.29, 1.82) is 0 Å². The summed E-state index contributed by atoms with van der Waals surface area (Å²) in [4.78, 5) is 28.0. The molecule has 164 valence electrons. The molecule has 0 bridgehead atoms. The molecule has 0 saturated carbocycles. The van der Waals surface area contributed by atoms with Crippen molar-refractivity contribution in [3.05, 3.63) is 95.8 Å². The third-order valence-corrected chi connectivity index (χ3v) is 6.16. The van der Waals surface area contributed by atoms with Crippen LogP contribution in [0.4, 0.5) is 4.39 Å². The molecule has 32 heavy (non-hydrogen) atoms. The van der Waals surface area contributed by atoms with E-state index in [1.54, 1.807) is 11.0 Å². The largest absolute Gasteiger partial charge is 0.356 e. The second-order valence-corrected chi connectivity index (χ2v) is 8.33. The lowest BCUT2D eigenvalue weighted by atomic mass is 9.78. The maximum Gasteiger partial charge on any atom is 0.253 e. The van der Waals surface area contributed by atoms with Gasteiger partial charge < -0.3 is 10.2 Å². The molecule has 1 N–H and O–H groups in total. The number of rotatable bonds is 6. The number of hydrogen-bond acceptors (Lipinski definition) is 2. The lowest BCUT2D eigenvalue weighted by Gasteiger charge is -2.29. The molecule has 1 heterocycles. The number of nitrogens with zero attached hydrogens (tertiary/aromatic N) is 1. The lowest BCUT2D eigenvalue weighted by Crippen LogP contribution is -2.45. The lowest BCUT2D eigenvalue weighted by molar-refractivity contribution is -0.130. The summed E-state index contributed by atoms with van der Waals surface area (Å²) in [5.74, 6) is -0.730. The monoisotopic (exact) mass is 430 g/mol. The van der Waals surface area contributed by atoms with E-state index in [9.17, 15) is 14.0 Å². The van der Waals surface area contributed by atoms with Crippen LogP contribution >= 0.6 is 0 Å². The number of carbonyl (C=O) groups excluding carboxylic acids is 2. The van der Waals surface area contributed by atoms with E-state index in [0.29, 0.717) is 38.0 Å². The quantitative estimate of drug-likeness (QED) is 0.616. The highest BCUT2D eigenvalue weighted by Gasteiger charge is 2.46. The normalized spacial score (nSPS) is 17.9. The van der Waals surface area contributed by atoms with Crippen molar-refractivity contribution in [2.45, 2.75) is 19.8 Å². The summed E-state index contributed by atoms with van der Waals surface area (Å²) in [6.45, 7) is 3.18. The number of halogens is 1. The molecule has 3 aromatic rings. The minimum Gasteiger partial charge on any atom is -0.356 e. The molecule has 1 saturated heterocycles. The number of amides is 2. The Morgan fingerprint density at radius 3 is 2.50 bits per heavy atom. The van der Waals surface area contributed by atoms with Crippen LogP contribution in [-0.2, 0) is 11.2 Å². The fourth-order valence-corrected chi connectivity index (χ4v) is 4.55. The number of carbonyl (C=O) groups is 2. The molecule has 1 fully saturated rings. The Morgan fingerprint density at radius 2 is 1.75 bits per heavy atom. The Morgan fingerprint density at radius 1 is 1.00 bits per heavy atom. The number of benzene rings is 3. The van der Waals surface area contributed by atoms with E-state index >= 15 is 0 Å². The first-order valence-electron chi connectivity index (χ1n) is 11.0. The SMILES string of the molecule is CCNC(=O)[C@]1(Cc2ccccc2-c2ccccc2)CCN(C(=O)c2cccc(F)c2)C1. The van der Waals surface area contributed by atoms with E-state index in [-0.39, 0.29) is 11.8 Å². The molecule has 5 heteroatoms. The number of hydrogen-bond donors (Lipinski definition) is 1. The first-order valence-corrected chi connectivity index (χ1v) is 11.0. The van der Waals surface area contributed by atoms with Crippen LogP contribution < -0.4 is 5.32 Å². The average Bonchev–Trinajstić information content (AvgIpc) is 3.25. The van der Waals surface area contributed by atoms with Crippen molar-refractivity contribution in [1.82, 2.24) is 10.2 Å². The van der Waals surface area contributed by atoms with E-state index in [1.165, 1.54) is 18.2 Å². The Kier molecular flexibility index (Phi) is 6.35. The topological polar surface area (TPSA) is 49.4 Å². The van der Waals surface area contributed by atoms with Gasteiger partial charge in [0, 0.05) is 25.2 Å². The van der Waals surface area contributed by atoms with Gasteiger partial charge in [0.2, 0.25) is 5.91 Å². The smallest absolute Gasteiger partial charge is 0.253 e. The molecule has 4 rings (SSSR count). The molecular formula is C27H27FN2O2. The van der Waals surface area contributed by atoms with Crippen molar-refractivity contribution in [3.8, 4) is 11.1 Å². The molecule has 0 unspecified atom stereocenters. The summed E-state index contributed by atoms with van der Waals surface area (Å²) in [5.41, 5.74) is 2.84. The van der Waals surface area contributed by atoms with Gasteiger partial charge in [0.05, 0.1) is 5.41 Å². The summed E-state index contributed by atoms with van der Waals surface area (Å²) in [7, 11) is 0. The van der Waals surface area contributed by atoms with Gasteiger partial charge in [-0.15, -0.1) is 0 Å². The van der Waals surface area contributed by atoms with Gasteiger partial charge >= 0.3 is 0 Å². The predicted octanol–water partition coefficient (Wildman–Crippen LogP) is 4.70. The van der Waals surface area contributed by atoms with Crippen LogP contribution in [-0.4, -0.2) is 36.3 Å². The minimum absolute atomic E-state index is 0.0441. The zero-order valence-corrected chi connectivity index (χ0v) is 18.2. The van der Waals surface area contributed by atoms with Crippen LogP contribution in [0.1, 0.15) is 29.3 Å². The molecule has 1 aliphatic heterocycles. The van der Waals surface area contributed by atoms with Gasteiger partial charge in [-0.2, -0.15) is 0 Å². The third kappa shape index (κ3) is 4.42. The van der Waals surface area contributed by atoms with Gasteiger partial charge in [0.1, 0.15) is 5.82 Å². The van der Waals surface area contributed by atoms with E-state index < -0.39 is 11.2 Å². The van der Waals surface area contributed by atoms with Gasteiger partial charge in [0.15, 0.2) is 0 Å². The van der Waals surface area contributed by atoms with Crippen LogP contribution in [0.2, 0.25) is 0 Å². The fourth-order valence-electron chi connectivity index (χ4n) is 4.55. The van der Waals surface area contributed by atoms with Crippen LogP contribution in [0, 0.1) is 11.2 Å². The van der Waals surface area contributed by atoms with Crippen LogP contribution in [0.5, 0.6) is 0 Å². The predicted molar refractivity (Wildman–Crippen MR) is 124 cm³/mol. The highest BCUT2D eigenvalue weighted by molar-refractivity contribution is 5.95. The maximum absolute atomic E-state index is 13.7. The fraction of sp³-hybridized carbons (Fsp3) is 0.259. The van der Waals surface area contributed by atoms with Crippen molar-refractivity contribution < 1.29 is 14.0 Å². The molecule has 0 aliphatic carbocycles. The molecule has 0 aromatic heterocycles. The number of nitrogens with one attached hydrogen (secondary N) is 1. The van der Waals surface area contributed by atoms with Crippen LogP contribution in [0.15, 0.2) is 78.9 Å². The van der Waals surface area contributed by atoms with Crippen LogP contribution in [0.25, 0.3) is 11.1 Å². The van der Waals surface area contributed by atoms with Crippen molar-refractivity contribution in [2.24, 2.45) is 5.41 Å². The molecule has 2 amide bonds. The maximum atomic E-state index is 13.7. The summed E-state index contributed by atoms with van der Waals surface area (Å²) < 4.78 is 13.7. The van der Waals surface area contributed by atoms with E-state index in [0.717, 1.165) is 16.7 Å². The summed E-state index contributed by atoms with van der Waals surface area (Å²) in [5, 5.41) is 2.98. The van der Waals surface area contributed by atoms with Gasteiger partial charge in [-0.3, -0.25) is 9.59 Å². The van der Waals surface area contributed by atoms with Crippen LogP contribution in [0.3, 0.4) is 0 Å². The molecule has 0 spiro atoms. The Labute approximate surface area is 188 Å². The van der Waals surface area contributed by atoms with Gasteiger partial charge in [-0.1, -0.05) is 60.7 Å². The second kappa shape index (κ2) is 9.35. The van der Waals surface area contributed by atoms with Gasteiger partial charge in [-0.05, 0) is 54.7 Å². The average molecular weight is 431 g/mol. The Bertz CT molecular complexity index is 1120. The zero-order chi connectivity index (χ0) is 22.6.